The number of anilines is 1. The highest BCUT2D eigenvalue weighted by molar-refractivity contribution is 6.34. The van der Waals surface area contributed by atoms with Crippen LogP contribution in [0.15, 0.2) is 30.5 Å². The summed E-state index contributed by atoms with van der Waals surface area (Å²) in [5, 5.41) is 17.1. The Morgan fingerprint density at radius 1 is 1.31 bits per heavy atom. The quantitative estimate of drug-likeness (QED) is 0.587. The SMILES string of the molecule is CCN(CC)C(=O)c1ccc(NC(=O)Cn2ccc([N+](=O)[O-])n2)cc1Cl. The summed E-state index contributed by atoms with van der Waals surface area (Å²) in [5.41, 5.74) is 0.772. The number of carbonyl (C=O) groups is 2. The van der Waals surface area contributed by atoms with Crippen molar-refractivity contribution in [3.63, 3.8) is 0 Å². The third-order valence-corrected chi connectivity index (χ3v) is 3.97. The molecule has 0 unspecified atom stereocenters. The van der Waals surface area contributed by atoms with Crippen LogP contribution in [0.2, 0.25) is 5.02 Å². The molecule has 9 nitrogen and oxygen atoms in total. The third-order valence-electron chi connectivity index (χ3n) is 3.65. The van der Waals surface area contributed by atoms with Crippen LogP contribution in [-0.2, 0) is 11.3 Å². The minimum Gasteiger partial charge on any atom is -0.358 e. The molecule has 0 saturated carbocycles. The first-order valence-corrected chi connectivity index (χ1v) is 8.30. The van der Waals surface area contributed by atoms with Crippen molar-refractivity contribution in [3.8, 4) is 0 Å². The van der Waals surface area contributed by atoms with Gasteiger partial charge in [0.2, 0.25) is 5.91 Å². The van der Waals surface area contributed by atoms with E-state index in [2.05, 4.69) is 10.4 Å². The molecule has 0 saturated heterocycles. The highest BCUT2D eigenvalue weighted by atomic mass is 35.5. The molecule has 2 amide bonds. The van der Waals surface area contributed by atoms with Crippen LogP contribution in [0.4, 0.5) is 11.5 Å². The molecule has 1 aromatic carbocycles. The van der Waals surface area contributed by atoms with Crippen LogP contribution in [0.5, 0.6) is 0 Å². The number of rotatable bonds is 7. The first kappa shape index (κ1) is 19.4. The fourth-order valence-corrected chi connectivity index (χ4v) is 2.59. The molecule has 138 valence electrons. The lowest BCUT2D eigenvalue weighted by molar-refractivity contribution is -0.389. The number of hydrogen-bond donors (Lipinski definition) is 1. The second-order valence-corrected chi connectivity index (χ2v) is 5.76. The lowest BCUT2D eigenvalue weighted by Gasteiger charge is -2.19. The van der Waals surface area contributed by atoms with Gasteiger partial charge >= 0.3 is 5.82 Å². The van der Waals surface area contributed by atoms with Gasteiger partial charge in [-0.15, -0.1) is 0 Å². The molecule has 1 heterocycles. The minimum atomic E-state index is -0.639. The molecule has 0 aliphatic rings. The van der Waals surface area contributed by atoms with Crippen LogP contribution >= 0.6 is 11.6 Å². The Labute approximate surface area is 154 Å². The number of hydrogen-bond acceptors (Lipinski definition) is 5. The monoisotopic (exact) mass is 379 g/mol. The molecule has 1 aromatic heterocycles. The average Bonchev–Trinajstić information content (AvgIpc) is 3.04. The van der Waals surface area contributed by atoms with Crippen LogP contribution in [0, 0.1) is 10.1 Å². The Balaban J connectivity index is 2.05. The molecular formula is C16H18ClN5O4. The van der Waals surface area contributed by atoms with E-state index in [1.807, 2.05) is 13.8 Å². The highest BCUT2D eigenvalue weighted by Crippen LogP contribution is 2.22. The predicted molar refractivity (Wildman–Crippen MR) is 96.2 cm³/mol. The smallest absolute Gasteiger partial charge is 0.358 e. The summed E-state index contributed by atoms with van der Waals surface area (Å²) in [6, 6.07) is 5.82. The maximum Gasteiger partial charge on any atom is 0.389 e. The van der Waals surface area contributed by atoms with Crippen molar-refractivity contribution in [3.05, 3.63) is 51.2 Å². The van der Waals surface area contributed by atoms with E-state index >= 15 is 0 Å². The van der Waals surface area contributed by atoms with Crippen LogP contribution in [0.25, 0.3) is 0 Å². The second kappa shape index (κ2) is 8.43. The van der Waals surface area contributed by atoms with Crippen LogP contribution in [-0.4, -0.2) is 44.5 Å². The van der Waals surface area contributed by atoms with E-state index in [9.17, 15) is 19.7 Å². The molecule has 2 aromatic rings. The van der Waals surface area contributed by atoms with Crippen molar-refractivity contribution in [2.75, 3.05) is 18.4 Å². The van der Waals surface area contributed by atoms with Crippen molar-refractivity contribution in [2.24, 2.45) is 0 Å². The second-order valence-electron chi connectivity index (χ2n) is 5.35. The Bertz CT molecular complexity index is 832. The summed E-state index contributed by atoms with van der Waals surface area (Å²) in [4.78, 5) is 36.0. The normalized spacial score (nSPS) is 10.4. The zero-order valence-corrected chi connectivity index (χ0v) is 15.1. The van der Waals surface area contributed by atoms with E-state index in [0.29, 0.717) is 24.3 Å². The van der Waals surface area contributed by atoms with Crippen molar-refractivity contribution >= 4 is 34.9 Å². The highest BCUT2D eigenvalue weighted by Gasteiger charge is 2.17. The Hall–Kier alpha value is -2.94. The number of nitrogens with one attached hydrogen (secondary N) is 1. The van der Waals surface area contributed by atoms with Gasteiger partial charge in [0.25, 0.3) is 5.91 Å². The fourth-order valence-electron chi connectivity index (χ4n) is 2.33. The Morgan fingerprint density at radius 2 is 2.00 bits per heavy atom. The molecule has 1 N–H and O–H groups in total. The van der Waals surface area contributed by atoms with Crippen molar-refractivity contribution < 1.29 is 14.5 Å². The van der Waals surface area contributed by atoms with Gasteiger partial charge in [-0.1, -0.05) is 11.6 Å². The number of benzene rings is 1. The molecule has 0 bridgehead atoms. The summed E-state index contributed by atoms with van der Waals surface area (Å²) in [6.07, 6.45) is 1.34. The van der Waals surface area contributed by atoms with Crippen molar-refractivity contribution in [2.45, 2.75) is 20.4 Å². The molecule has 0 aliphatic heterocycles. The molecular weight excluding hydrogens is 362 g/mol. The maximum atomic E-state index is 12.3. The maximum absolute atomic E-state index is 12.3. The molecule has 0 aliphatic carbocycles. The van der Waals surface area contributed by atoms with E-state index in [1.54, 1.807) is 17.0 Å². The fraction of sp³-hybridized carbons (Fsp3) is 0.312. The van der Waals surface area contributed by atoms with E-state index < -0.39 is 10.8 Å². The standard InChI is InChI=1S/C16H18ClN5O4/c1-3-20(4-2)16(24)12-6-5-11(9-13(12)17)18-15(23)10-21-8-7-14(19-21)22(25)26/h5-9H,3-4,10H2,1-2H3,(H,18,23). The largest absolute Gasteiger partial charge is 0.389 e. The molecule has 0 fully saturated rings. The predicted octanol–water partition coefficient (Wildman–Crippen LogP) is 2.57. The first-order chi connectivity index (χ1) is 12.3. The molecule has 0 spiro atoms. The Morgan fingerprint density at radius 3 is 2.54 bits per heavy atom. The van der Waals surface area contributed by atoms with Gasteiger partial charge in [-0.3, -0.25) is 9.59 Å². The third kappa shape index (κ3) is 4.57. The van der Waals surface area contributed by atoms with Gasteiger partial charge in [-0.2, -0.15) is 4.68 Å². The van der Waals surface area contributed by atoms with E-state index in [1.165, 1.54) is 18.3 Å². The zero-order chi connectivity index (χ0) is 19.3. The minimum absolute atomic E-state index is 0.179. The van der Waals surface area contributed by atoms with Gasteiger partial charge in [0, 0.05) is 18.8 Å². The van der Waals surface area contributed by atoms with Gasteiger partial charge in [-0.25, -0.2) is 0 Å². The van der Waals surface area contributed by atoms with Crippen molar-refractivity contribution in [1.82, 2.24) is 14.7 Å². The summed E-state index contributed by atoms with van der Waals surface area (Å²) in [6.45, 7) is 4.71. The molecule has 26 heavy (non-hydrogen) atoms. The van der Waals surface area contributed by atoms with Gasteiger partial charge in [0.05, 0.1) is 27.9 Å². The Kier molecular flexibility index (Phi) is 6.29. The number of aromatic nitrogens is 2. The molecule has 0 radical (unpaired) electrons. The summed E-state index contributed by atoms with van der Waals surface area (Å²) < 4.78 is 1.16. The van der Waals surface area contributed by atoms with Gasteiger partial charge < -0.3 is 20.3 Å². The van der Waals surface area contributed by atoms with Crippen LogP contribution in [0.3, 0.4) is 0 Å². The lowest BCUT2D eigenvalue weighted by atomic mass is 10.1. The number of nitro groups is 1. The zero-order valence-electron chi connectivity index (χ0n) is 14.3. The van der Waals surface area contributed by atoms with Crippen LogP contribution < -0.4 is 5.32 Å². The number of amides is 2. The van der Waals surface area contributed by atoms with E-state index in [0.717, 1.165) is 4.68 Å². The summed E-state index contributed by atoms with van der Waals surface area (Å²) in [7, 11) is 0. The first-order valence-electron chi connectivity index (χ1n) is 7.92. The molecule has 10 heteroatoms. The van der Waals surface area contributed by atoms with E-state index in [-0.39, 0.29) is 23.3 Å². The summed E-state index contributed by atoms with van der Waals surface area (Å²) in [5.74, 6) is -0.941. The number of nitrogens with zero attached hydrogens (tertiary/aromatic N) is 4. The van der Waals surface area contributed by atoms with Gasteiger partial charge in [0.1, 0.15) is 6.54 Å². The van der Waals surface area contributed by atoms with Gasteiger partial charge in [0.15, 0.2) is 0 Å². The average molecular weight is 380 g/mol. The van der Waals surface area contributed by atoms with Crippen molar-refractivity contribution in [1.29, 1.82) is 0 Å². The lowest BCUT2D eigenvalue weighted by Crippen LogP contribution is -2.30. The molecule has 2 rings (SSSR count). The number of carbonyl (C=O) groups excluding carboxylic acids is 2. The van der Waals surface area contributed by atoms with E-state index in [4.69, 9.17) is 11.6 Å². The topological polar surface area (TPSA) is 110 Å². The summed E-state index contributed by atoms with van der Waals surface area (Å²) >= 11 is 6.17. The molecule has 0 atom stereocenters. The number of halogens is 1. The van der Waals surface area contributed by atoms with Gasteiger partial charge in [-0.05, 0) is 37.0 Å². The van der Waals surface area contributed by atoms with Crippen LogP contribution in [0.1, 0.15) is 24.2 Å².